The first-order valence-corrected chi connectivity index (χ1v) is 9.80. The molecule has 0 aliphatic carbocycles. The largest absolute Gasteiger partial charge is 0.535 e. The molecule has 0 amide bonds. The van der Waals surface area contributed by atoms with Crippen LogP contribution in [0.4, 0.5) is 13.6 Å². The van der Waals surface area contributed by atoms with Gasteiger partial charge in [-0.05, 0) is 38.8 Å². The molecule has 1 aromatic carbocycles. The molecule has 0 bridgehead atoms. The first-order valence-electron chi connectivity index (χ1n) is 9.80. The molecule has 0 spiro atoms. The number of rotatable bonds is 8. The highest BCUT2D eigenvalue weighted by molar-refractivity contribution is 6.47. The molecule has 1 unspecified atom stereocenters. The van der Waals surface area contributed by atoms with Gasteiger partial charge < -0.3 is 23.9 Å². The second-order valence-electron chi connectivity index (χ2n) is 7.76. The van der Waals surface area contributed by atoms with E-state index in [4.69, 9.17) is 18.9 Å². The fourth-order valence-electron chi connectivity index (χ4n) is 3.12. The monoisotopic (exact) mass is 442 g/mol. The number of hydrogen-bond acceptors (Lipinski definition) is 8. The summed E-state index contributed by atoms with van der Waals surface area (Å²) < 4.78 is 46.2. The summed E-state index contributed by atoms with van der Waals surface area (Å²) in [5.41, 5.74) is 0.489. The molecule has 0 saturated heterocycles. The molecule has 1 aromatic rings. The van der Waals surface area contributed by atoms with Crippen molar-refractivity contribution < 1.29 is 47.1 Å². The van der Waals surface area contributed by atoms with Crippen molar-refractivity contribution in [1.82, 2.24) is 0 Å². The minimum absolute atomic E-state index is 0.0194. The molecular weight excluding hydrogens is 417 g/mol. The molecule has 1 N–H and O–H groups in total. The summed E-state index contributed by atoms with van der Waals surface area (Å²) in [6, 6.07) is 4.58. The first kappa shape index (κ1) is 24.6. The van der Waals surface area contributed by atoms with Crippen molar-refractivity contribution >= 4 is 25.0 Å². The van der Waals surface area contributed by atoms with E-state index < -0.39 is 55.6 Å². The fourth-order valence-corrected chi connectivity index (χ4v) is 3.12. The Morgan fingerprint density at radius 3 is 2.52 bits per heavy atom. The van der Waals surface area contributed by atoms with Crippen LogP contribution in [0.15, 0.2) is 18.2 Å². The second kappa shape index (κ2) is 10.1. The molecule has 2 atom stereocenters. The Kier molecular flexibility index (Phi) is 7.99. The van der Waals surface area contributed by atoms with E-state index in [0.29, 0.717) is 12.5 Å². The molecule has 0 saturated carbocycles. The maximum atomic E-state index is 13.0. The van der Waals surface area contributed by atoms with Crippen LogP contribution in [-0.2, 0) is 25.4 Å². The summed E-state index contributed by atoms with van der Waals surface area (Å²) in [4.78, 5) is 35.9. The van der Waals surface area contributed by atoms with Crippen LogP contribution in [0.25, 0.3) is 0 Å². The molecular formula is C20H25BF2O8. The molecule has 0 aromatic heterocycles. The Morgan fingerprint density at radius 2 is 1.90 bits per heavy atom. The quantitative estimate of drug-likeness (QED) is 0.370. The number of para-hydroxylation sites is 1. The molecule has 11 heteroatoms. The highest BCUT2D eigenvalue weighted by Crippen LogP contribution is 2.37. The van der Waals surface area contributed by atoms with Crippen molar-refractivity contribution in [1.29, 1.82) is 0 Å². The van der Waals surface area contributed by atoms with Crippen molar-refractivity contribution in [2.75, 3.05) is 0 Å². The van der Waals surface area contributed by atoms with Crippen molar-refractivity contribution in [2.45, 2.75) is 71.1 Å². The zero-order valence-electron chi connectivity index (χ0n) is 17.7. The summed E-state index contributed by atoms with van der Waals surface area (Å²) >= 11 is 0. The molecule has 0 radical (unpaired) electrons. The SMILES string of the molecule is CC(C)OC(=O)OC(C)OC(=O)c1cccc2c1OB(O)[C@@H](CC(=O)CC(C)(F)F)C2. The van der Waals surface area contributed by atoms with Gasteiger partial charge in [0.2, 0.25) is 6.29 Å². The van der Waals surface area contributed by atoms with E-state index in [1.165, 1.54) is 13.0 Å². The van der Waals surface area contributed by atoms with Gasteiger partial charge in [-0.3, -0.25) is 4.79 Å². The van der Waals surface area contributed by atoms with E-state index in [1.54, 1.807) is 26.0 Å². The van der Waals surface area contributed by atoms with Gasteiger partial charge in [0, 0.05) is 19.2 Å². The van der Waals surface area contributed by atoms with Crippen molar-refractivity contribution in [3.63, 3.8) is 0 Å². The number of fused-ring (bicyclic) bond motifs is 1. The van der Waals surface area contributed by atoms with Gasteiger partial charge in [0.15, 0.2) is 0 Å². The smallest absolute Gasteiger partial charge is 0.526 e. The van der Waals surface area contributed by atoms with Crippen LogP contribution in [-0.4, -0.2) is 48.4 Å². The van der Waals surface area contributed by atoms with Crippen LogP contribution in [0.2, 0.25) is 5.82 Å². The summed E-state index contributed by atoms with van der Waals surface area (Å²) in [5, 5.41) is 10.3. The lowest BCUT2D eigenvalue weighted by atomic mass is 9.64. The van der Waals surface area contributed by atoms with E-state index in [9.17, 15) is 28.2 Å². The molecule has 1 aliphatic heterocycles. The predicted octanol–water partition coefficient (Wildman–Crippen LogP) is 3.54. The molecule has 170 valence electrons. The molecule has 2 rings (SSSR count). The van der Waals surface area contributed by atoms with Gasteiger partial charge in [-0.25, -0.2) is 18.4 Å². The predicted molar refractivity (Wildman–Crippen MR) is 105 cm³/mol. The van der Waals surface area contributed by atoms with Gasteiger partial charge in [-0.15, -0.1) is 0 Å². The Labute approximate surface area is 178 Å². The van der Waals surface area contributed by atoms with Crippen LogP contribution < -0.4 is 4.65 Å². The Hall–Kier alpha value is -2.69. The maximum absolute atomic E-state index is 13.0. The number of ketones is 1. The van der Waals surface area contributed by atoms with Crippen LogP contribution in [0.5, 0.6) is 5.75 Å². The minimum atomic E-state index is -3.13. The van der Waals surface area contributed by atoms with Crippen LogP contribution in [0, 0.1) is 0 Å². The summed E-state index contributed by atoms with van der Waals surface area (Å²) in [7, 11) is -1.47. The number of Topliss-reactive ketones (excluding diaryl/α,β-unsaturated/α-hetero) is 1. The zero-order chi connectivity index (χ0) is 23.3. The molecule has 31 heavy (non-hydrogen) atoms. The third kappa shape index (κ3) is 7.50. The lowest BCUT2D eigenvalue weighted by Gasteiger charge is -2.28. The topological polar surface area (TPSA) is 108 Å². The lowest BCUT2D eigenvalue weighted by molar-refractivity contribution is -0.125. The number of hydrogen-bond donors (Lipinski definition) is 1. The molecule has 0 fully saturated rings. The van der Waals surface area contributed by atoms with E-state index in [2.05, 4.69) is 0 Å². The third-order valence-electron chi connectivity index (χ3n) is 4.31. The highest BCUT2D eigenvalue weighted by Gasteiger charge is 2.39. The van der Waals surface area contributed by atoms with Gasteiger partial charge in [-0.1, -0.05) is 12.1 Å². The maximum Gasteiger partial charge on any atom is 0.526 e. The Morgan fingerprint density at radius 1 is 1.23 bits per heavy atom. The van der Waals surface area contributed by atoms with Crippen molar-refractivity contribution in [2.24, 2.45) is 0 Å². The number of halogens is 2. The van der Waals surface area contributed by atoms with E-state index >= 15 is 0 Å². The lowest BCUT2D eigenvalue weighted by Crippen LogP contribution is -2.36. The van der Waals surface area contributed by atoms with Crippen molar-refractivity contribution in [3.05, 3.63) is 29.3 Å². The molecule has 1 aliphatic rings. The minimum Gasteiger partial charge on any atom is -0.535 e. The zero-order valence-corrected chi connectivity index (χ0v) is 17.7. The second-order valence-corrected chi connectivity index (χ2v) is 7.76. The Bertz CT molecular complexity index is 824. The number of ether oxygens (including phenoxy) is 3. The van der Waals surface area contributed by atoms with Crippen LogP contribution in [0.1, 0.15) is 56.5 Å². The van der Waals surface area contributed by atoms with Gasteiger partial charge in [0.25, 0.3) is 5.92 Å². The van der Waals surface area contributed by atoms with E-state index in [1.807, 2.05) is 0 Å². The molecule has 8 nitrogen and oxygen atoms in total. The average Bonchev–Trinajstić information content (AvgIpc) is 2.59. The van der Waals surface area contributed by atoms with Gasteiger partial charge in [0.05, 0.1) is 12.5 Å². The standard InChI is InChI=1S/C20H25BF2O8/c1-11(2)28-19(26)30-12(3)29-18(25)16-7-5-6-13-8-14(21(27)31-17(13)16)9-15(24)10-20(4,22)23/h5-7,11-12,14,27H,8-10H2,1-4H3/t12?,14-/m1/s1. The van der Waals surface area contributed by atoms with Gasteiger partial charge >= 0.3 is 19.2 Å². The fraction of sp³-hybridized carbons (Fsp3) is 0.550. The number of benzene rings is 1. The highest BCUT2D eigenvalue weighted by atomic mass is 19.3. The van der Waals surface area contributed by atoms with Gasteiger partial charge in [0.1, 0.15) is 17.1 Å². The first-order chi connectivity index (χ1) is 14.4. The van der Waals surface area contributed by atoms with Crippen LogP contribution in [0.3, 0.4) is 0 Å². The van der Waals surface area contributed by atoms with E-state index in [-0.39, 0.29) is 24.2 Å². The van der Waals surface area contributed by atoms with Gasteiger partial charge in [-0.2, -0.15) is 0 Å². The van der Waals surface area contributed by atoms with E-state index in [0.717, 1.165) is 0 Å². The van der Waals surface area contributed by atoms with Crippen molar-refractivity contribution in [3.8, 4) is 5.75 Å². The summed E-state index contributed by atoms with van der Waals surface area (Å²) in [6.07, 6.45) is -3.72. The normalized spacial score (nSPS) is 16.8. The summed E-state index contributed by atoms with van der Waals surface area (Å²) in [6.45, 7) is 5.24. The molecule has 1 heterocycles. The summed E-state index contributed by atoms with van der Waals surface area (Å²) in [5.74, 6) is -5.37. The third-order valence-corrected chi connectivity index (χ3v) is 4.31. The Balaban J connectivity index is 2.06. The van der Waals surface area contributed by atoms with Crippen LogP contribution >= 0.6 is 0 Å². The average molecular weight is 442 g/mol. The number of alkyl halides is 2. The number of esters is 1. The number of carbonyl (C=O) groups excluding carboxylic acids is 3. The number of carbonyl (C=O) groups is 3.